The standard InChI is InChI=1S/C47H27N7/c48-28-30-12-11-17-35(26-30)53-40-20-9-7-18-36(40)37-23-25-42-43(44(37)53)38-19-8-10-21-41(38)54(42)39-24-22-33(27-34(39)29-49)47-51-45(31-13-3-1-4-14-31)50-46(52-47)32-15-5-2-6-16-32/h1-27H. The third-order valence-corrected chi connectivity index (χ3v) is 10.0. The zero-order valence-electron chi connectivity index (χ0n) is 28.7. The molecule has 0 amide bonds. The Balaban J connectivity index is 1.22. The Labute approximate surface area is 309 Å². The summed E-state index contributed by atoms with van der Waals surface area (Å²) in [5, 5.41) is 24.9. The topological polar surface area (TPSA) is 96.1 Å². The number of benzene rings is 7. The number of hydrogen-bond acceptors (Lipinski definition) is 5. The van der Waals surface area contributed by atoms with Crippen molar-refractivity contribution in [1.82, 2.24) is 24.1 Å². The molecule has 3 aromatic heterocycles. The summed E-state index contributed by atoms with van der Waals surface area (Å²) in [4.78, 5) is 14.7. The summed E-state index contributed by atoms with van der Waals surface area (Å²) in [6.07, 6.45) is 0. The lowest BCUT2D eigenvalue weighted by molar-refractivity contribution is 1.07. The maximum Gasteiger partial charge on any atom is 0.164 e. The molecule has 0 spiro atoms. The average Bonchev–Trinajstić information content (AvgIpc) is 3.77. The summed E-state index contributed by atoms with van der Waals surface area (Å²) < 4.78 is 4.44. The molecule has 0 bridgehead atoms. The van der Waals surface area contributed by atoms with E-state index in [0.717, 1.165) is 66.1 Å². The third kappa shape index (κ3) is 4.85. The monoisotopic (exact) mass is 689 g/mol. The molecule has 0 atom stereocenters. The van der Waals surface area contributed by atoms with Crippen molar-refractivity contribution in [2.75, 3.05) is 0 Å². The van der Waals surface area contributed by atoms with E-state index in [-0.39, 0.29) is 0 Å². The largest absolute Gasteiger partial charge is 0.308 e. The first kappa shape index (κ1) is 30.9. The summed E-state index contributed by atoms with van der Waals surface area (Å²) >= 11 is 0. The van der Waals surface area contributed by atoms with E-state index in [1.165, 1.54) is 0 Å². The van der Waals surface area contributed by atoms with Crippen LogP contribution in [0.1, 0.15) is 11.1 Å². The van der Waals surface area contributed by atoms with Crippen LogP contribution in [-0.4, -0.2) is 24.1 Å². The third-order valence-electron chi connectivity index (χ3n) is 10.0. The number of nitrogens with zero attached hydrogens (tertiary/aromatic N) is 7. The van der Waals surface area contributed by atoms with Gasteiger partial charge in [0.2, 0.25) is 0 Å². The second-order valence-electron chi connectivity index (χ2n) is 13.1. The van der Waals surface area contributed by atoms with Crippen molar-refractivity contribution < 1.29 is 0 Å². The van der Waals surface area contributed by atoms with Crippen LogP contribution in [0, 0.1) is 22.7 Å². The first-order chi connectivity index (χ1) is 26.7. The molecule has 0 saturated heterocycles. The minimum absolute atomic E-state index is 0.485. The number of aromatic nitrogens is 5. The van der Waals surface area contributed by atoms with Crippen molar-refractivity contribution in [1.29, 1.82) is 10.5 Å². The molecule has 0 aliphatic heterocycles. The van der Waals surface area contributed by atoms with Crippen molar-refractivity contribution in [2.24, 2.45) is 0 Å². The number of fused-ring (bicyclic) bond motifs is 7. The molecule has 0 unspecified atom stereocenters. The molecule has 0 radical (unpaired) electrons. The summed E-state index contributed by atoms with van der Waals surface area (Å²) in [6.45, 7) is 0. The van der Waals surface area contributed by atoms with Crippen LogP contribution in [0.25, 0.3) is 89.2 Å². The lowest BCUT2D eigenvalue weighted by Gasteiger charge is -2.13. The maximum atomic E-state index is 10.8. The second kappa shape index (κ2) is 12.4. The lowest BCUT2D eigenvalue weighted by atomic mass is 10.1. The maximum absolute atomic E-state index is 10.8. The van der Waals surface area contributed by atoms with Gasteiger partial charge >= 0.3 is 0 Å². The fraction of sp³-hybridized carbons (Fsp3) is 0. The molecule has 0 N–H and O–H groups in total. The minimum atomic E-state index is 0.485. The van der Waals surface area contributed by atoms with Crippen LogP contribution in [0.15, 0.2) is 164 Å². The van der Waals surface area contributed by atoms with Gasteiger partial charge in [0.15, 0.2) is 17.5 Å². The fourth-order valence-electron chi connectivity index (χ4n) is 7.65. The van der Waals surface area contributed by atoms with Crippen LogP contribution in [0.4, 0.5) is 0 Å². The van der Waals surface area contributed by atoms with Crippen LogP contribution >= 0.6 is 0 Å². The first-order valence-corrected chi connectivity index (χ1v) is 17.6. The first-order valence-electron chi connectivity index (χ1n) is 17.6. The van der Waals surface area contributed by atoms with E-state index in [1.54, 1.807) is 0 Å². The van der Waals surface area contributed by atoms with E-state index in [4.69, 9.17) is 15.0 Å². The van der Waals surface area contributed by atoms with Crippen LogP contribution in [0.5, 0.6) is 0 Å². The summed E-state index contributed by atoms with van der Waals surface area (Å²) in [6, 6.07) is 59.1. The molecule has 54 heavy (non-hydrogen) atoms. The average molecular weight is 690 g/mol. The van der Waals surface area contributed by atoms with E-state index in [0.29, 0.717) is 34.2 Å². The minimum Gasteiger partial charge on any atom is -0.308 e. The van der Waals surface area contributed by atoms with Crippen LogP contribution in [0.2, 0.25) is 0 Å². The van der Waals surface area contributed by atoms with Gasteiger partial charge in [-0.15, -0.1) is 0 Å². The molecule has 0 aliphatic carbocycles. The van der Waals surface area contributed by atoms with E-state index >= 15 is 0 Å². The molecule has 10 aromatic rings. The van der Waals surface area contributed by atoms with Crippen molar-refractivity contribution >= 4 is 43.6 Å². The van der Waals surface area contributed by atoms with E-state index < -0.39 is 0 Å². The van der Waals surface area contributed by atoms with Crippen molar-refractivity contribution in [3.63, 3.8) is 0 Å². The highest BCUT2D eigenvalue weighted by molar-refractivity contribution is 6.26. The predicted molar refractivity (Wildman–Crippen MR) is 214 cm³/mol. The number of hydrogen-bond donors (Lipinski definition) is 0. The molecule has 0 saturated carbocycles. The molecular weight excluding hydrogens is 663 g/mol. The van der Waals surface area contributed by atoms with Gasteiger partial charge in [-0.3, -0.25) is 0 Å². The molecule has 0 fully saturated rings. The van der Waals surface area contributed by atoms with Gasteiger partial charge in [0, 0.05) is 43.9 Å². The van der Waals surface area contributed by atoms with E-state index in [1.807, 2.05) is 115 Å². The predicted octanol–water partition coefficient (Wildman–Crippen LogP) is 10.8. The Kier molecular flexibility index (Phi) is 7.11. The van der Waals surface area contributed by atoms with E-state index in [2.05, 4.69) is 69.8 Å². The zero-order valence-corrected chi connectivity index (χ0v) is 28.7. The zero-order chi connectivity index (χ0) is 36.2. The Morgan fingerprint density at radius 1 is 0.426 bits per heavy atom. The molecule has 250 valence electrons. The number of para-hydroxylation sites is 2. The van der Waals surface area contributed by atoms with Crippen LogP contribution in [-0.2, 0) is 0 Å². The summed E-state index contributed by atoms with van der Waals surface area (Å²) in [5.74, 6) is 1.60. The Morgan fingerprint density at radius 2 is 1.04 bits per heavy atom. The van der Waals surface area contributed by atoms with Gasteiger partial charge in [-0.05, 0) is 54.6 Å². The molecule has 3 heterocycles. The van der Waals surface area contributed by atoms with Gasteiger partial charge in [0.25, 0.3) is 0 Å². The smallest absolute Gasteiger partial charge is 0.164 e. The second-order valence-corrected chi connectivity index (χ2v) is 13.1. The highest BCUT2D eigenvalue weighted by Gasteiger charge is 2.22. The van der Waals surface area contributed by atoms with Gasteiger partial charge in [0.1, 0.15) is 6.07 Å². The molecule has 0 aliphatic rings. The van der Waals surface area contributed by atoms with Crippen molar-refractivity contribution in [2.45, 2.75) is 0 Å². The Morgan fingerprint density at radius 3 is 1.70 bits per heavy atom. The molecule has 7 heteroatoms. The number of nitriles is 2. The summed E-state index contributed by atoms with van der Waals surface area (Å²) in [5.41, 5.74) is 9.25. The molecule has 7 aromatic carbocycles. The van der Waals surface area contributed by atoms with Crippen molar-refractivity contribution in [3.05, 3.63) is 175 Å². The quantitative estimate of drug-likeness (QED) is 0.179. The molecular formula is C47H27N7. The number of rotatable bonds is 5. The summed E-state index contributed by atoms with van der Waals surface area (Å²) in [7, 11) is 0. The fourth-order valence-corrected chi connectivity index (χ4v) is 7.65. The van der Waals surface area contributed by atoms with Gasteiger partial charge in [-0.25, -0.2) is 15.0 Å². The van der Waals surface area contributed by atoms with E-state index in [9.17, 15) is 10.5 Å². The SMILES string of the molecule is N#Cc1cccc(-n2c3ccccc3c3ccc4c(c5ccccc5n4-c4ccc(-c5nc(-c6ccccc6)nc(-c6ccccc6)n5)cc4C#N)c32)c1. The molecule has 7 nitrogen and oxygen atoms in total. The highest BCUT2D eigenvalue weighted by atomic mass is 15.0. The van der Waals surface area contributed by atoms with Gasteiger partial charge < -0.3 is 9.13 Å². The van der Waals surface area contributed by atoms with Gasteiger partial charge in [-0.2, -0.15) is 10.5 Å². The van der Waals surface area contributed by atoms with Crippen LogP contribution in [0.3, 0.4) is 0 Å². The Bertz CT molecular complexity index is 3120. The van der Waals surface area contributed by atoms with Gasteiger partial charge in [-0.1, -0.05) is 109 Å². The van der Waals surface area contributed by atoms with Crippen molar-refractivity contribution in [3.8, 4) is 57.7 Å². The normalized spacial score (nSPS) is 11.3. The molecule has 10 rings (SSSR count). The highest BCUT2D eigenvalue weighted by Crippen LogP contribution is 2.42. The van der Waals surface area contributed by atoms with Crippen LogP contribution < -0.4 is 0 Å². The van der Waals surface area contributed by atoms with Gasteiger partial charge in [0.05, 0.1) is 45.0 Å². The lowest BCUT2D eigenvalue weighted by Crippen LogP contribution is -2.02. The Hall–Kier alpha value is -7.87.